The Hall–Kier alpha value is -2.30. The van der Waals surface area contributed by atoms with Crippen LogP contribution in [-0.4, -0.2) is 15.7 Å². The Morgan fingerprint density at radius 1 is 1.04 bits per heavy atom. The van der Waals surface area contributed by atoms with Crippen LogP contribution in [0.15, 0.2) is 54.6 Å². The average Bonchev–Trinajstić information content (AvgIpc) is 3.02. The van der Waals surface area contributed by atoms with E-state index in [4.69, 9.17) is 27.9 Å². The van der Waals surface area contributed by atoms with Crippen molar-refractivity contribution in [3.63, 3.8) is 0 Å². The van der Waals surface area contributed by atoms with Gasteiger partial charge in [-0.15, -0.1) is 0 Å². The second-order valence-corrected chi connectivity index (χ2v) is 6.64. The number of esters is 1. The monoisotopic (exact) mass is 374 g/mol. The Morgan fingerprint density at radius 3 is 2.40 bits per heavy atom. The largest absolute Gasteiger partial charge is 0.404 e. The zero-order chi connectivity index (χ0) is 18.0. The summed E-state index contributed by atoms with van der Waals surface area (Å²) in [6, 6.07) is 15.7. The van der Waals surface area contributed by atoms with Crippen molar-refractivity contribution in [3.05, 3.63) is 75.9 Å². The molecule has 0 radical (unpaired) electrons. The van der Waals surface area contributed by atoms with Crippen LogP contribution in [0.25, 0.3) is 5.69 Å². The second-order valence-electron chi connectivity index (χ2n) is 5.83. The zero-order valence-electron chi connectivity index (χ0n) is 13.7. The molecule has 0 spiro atoms. The number of ether oxygens (including phenoxy) is 1. The molecule has 0 aliphatic rings. The lowest BCUT2D eigenvalue weighted by atomic mass is 10.1. The molecule has 128 valence electrons. The van der Waals surface area contributed by atoms with Crippen molar-refractivity contribution in [2.75, 3.05) is 0 Å². The fraction of sp³-hybridized carbons (Fsp3) is 0.158. The molecule has 0 N–H and O–H groups in total. The Balaban J connectivity index is 2.00. The molecule has 3 rings (SSSR count). The topological polar surface area (TPSA) is 44.1 Å². The molecule has 6 heteroatoms. The number of hydrogen-bond donors (Lipinski definition) is 0. The number of nitrogens with zero attached hydrogens (tertiary/aromatic N) is 2. The third-order valence-electron chi connectivity index (χ3n) is 3.64. The molecule has 0 amide bonds. The minimum atomic E-state index is -0.447. The predicted octanol–water partition coefficient (Wildman–Crippen LogP) is 5.52. The van der Waals surface area contributed by atoms with Crippen molar-refractivity contribution in [3.8, 4) is 11.6 Å². The average molecular weight is 375 g/mol. The van der Waals surface area contributed by atoms with Gasteiger partial charge in [-0.1, -0.05) is 55.2 Å². The summed E-state index contributed by atoms with van der Waals surface area (Å²) in [5, 5.41) is 5.39. The summed E-state index contributed by atoms with van der Waals surface area (Å²) in [4.78, 5) is 12.4. The normalized spacial score (nSPS) is 10.9. The van der Waals surface area contributed by atoms with Gasteiger partial charge in [-0.25, -0.2) is 9.48 Å². The first-order valence-corrected chi connectivity index (χ1v) is 8.54. The van der Waals surface area contributed by atoms with Gasteiger partial charge in [0.05, 0.1) is 27.0 Å². The first kappa shape index (κ1) is 17.5. The summed E-state index contributed by atoms with van der Waals surface area (Å²) in [6.45, 7) is 4.04. The molecular weight excluding hydrogens is 359 g/mol. The van der Waals surface area contributed by atoms with E-state index in [9.17, 15) is 4.79 Å². The lowest BCUT2D eigenvalue weighted by Gasteiger charge is -2.09. The SMILES string of the molecule is CC(C)c1cc(OC(=O)c2ccccc2)n(-c2ccc(Cl)c(Cl)c2)n1. The maximum Gasteiger partial charge on any atom is 0.344 e. The maximum atomic E-state index is 12.4. The van der Waals surface area contributed by atoms with Crippen LogP contribution in [0.4, 0.5) is 0 Å². The van der Waals surface area contributed by atoms with E-state index in [-0.39, 0.29) is 5.92 Å². The predicted molar refractivity (Wildman–Crippen MR) is 99.1 cm³/mol. The number of hydrogen-bond acceptors (Lipinski definition) is 3. The van der Waals surface area contributed by atoms with Crippen LogP contribution < -0.4 is 4.74 Å². The van der Waals surface area contributed by atoms with Crippen LogP contribution in [0.3, 0.4) is 0 Å². The summed E-state index contributed by atoms with van der Waals surface area (Å²) < 4.78 is 7.13. The molecule has 0 fully saturated rings. The molecule has 0 saturated carbocycles. The van der Waals surface area contributed by atoms with E-state index < -0.39 is 5.97 Å². The van der Waals surface area contributed by atoms with E-state index in [0.29, 0.717) is 27.2 Å². The molecular formula is C19H16Cl2N2O2. The van der Waals surface area contributed by atoms with Gasteiger partial charge in [-0.3, -0.25) is 0 Å². The minimum Gasteiger partial charge on any atom is -0.404 e. The van der Waals surface area contributed by atoms with E-state index >= 15 is 0 Å². The summed E-state index contributed by atoms with van der Waals surface area (Å²) in [7, 11) is 0. The van der Waals surface area contributed by atoms with E-state index in [1.165, 1.54) is 0 Å². The Labute approximate surface area is 155 Å². The molecule has 0 atom stereocenters. The van der Waals surface area contributed by atoms with Gasteiger partial charge in [0.1, 0.15) is 0 Å². The molecule has 0 unspecified atom stereocenters. The third-order valence-corrected chi connectivity index (χ3v) is 4.38. The molecule has 0 aliphatic carbocycles. The minimum absolute atomic E-state index is 0.179. The van der Waals surface area contributed by atoms with Crippen molar-refractivity contribution in [1.29, 1.82) is 0 Å². The highest BCUT2D eigenvalue weighted by molar-refractivity contribution is 6.42. The van der Waals surface area contributed by atoms with E-state index in [2.05, 4.69) is 5.10 Å². The van der Waals surface area contributed by atoms with Crippen LogP contribution in [0.5, 0.6) is 5.88 Å². The highest BCUT2D eigenvalue weighted by Crippen LogP contribution is 2.29. The van der Waals surface area contributed by atoms with Crippen molar-refractivity contribution in [2.45, 2.75) is 19.8 Å². The molecule has 25 heavy (non-hydrogen) atoms. The standard InChI is InChI=1S/C19H16Cl2N2O2/c1-12(2)17-11-18(25-19(24)13-6-4-3-5-7-13)23(22-17)14-8-9-15(20)16(21)10-14/h3-12H,1-2H3. The summed E-state index contributed by atoms with van der Waals surface area (Å²) in [5.41, 5.74) is 1.94. The quantitative estimate of drug-likeness (QED) is 0.564. The van der Waals surface area contributed by atoms with Crippen molar-refractivity contribution in [2.24, 2.45) is 0 Å². The maximum absolute atomic E-state index is 12.4. The molecule has 0 bridgehead atoms. The third kappa shape index (κ3) is 3.86. The number of aromatic nitrogens is 2. The summed E-state index contributed by atoms with van der Waals surface area (Å²) >= 11 is 12.1. The number of rotatable bonds is 4. The van der Waals surface area contributed by atoms with Crippen LogP contribution in [-0.2, 0) is 0 Å². The fourth-order valence-corrected chi connectivity index (χ4v) is 2.56. The molecule has 0 saturated heterocycles. The van der Waals surface area contributed by atoms with E-state index in [0.717, 1.165) is 5.69 Å². The van der Waals surface area contributed by atoms with Crippen molar-refractivity contribution >= 4 is 29.2 Å². The van der Waals surface area contributed by atoms with E-state index in [1.54, 1.807) is 53.2 Å². The van der Waals surface area contributed by atoms with Gasteiger partial charge in [0.25, 0.3) is 0 Å². The highest BCUT2D eigenvalue weighted by atomic mass is 35.5. The van der Waals surface area contributed by atoms with Gasteiger partial charge in [0.15, 0.2) is 0 Å². The second kappa shape index (κ2) is 7.30. The molecule has 1 heterocycles. The Kier molecular flexibility index (Phi) is 5.11. The van der Waals surface area contributed by atoms with Gasteiger partial charge in [-0.05, 0) is 36.2 Å². The number of carbonyl (C=O) groups excluding carboxylic acids is 1. The Bertz CT molecular complexity index is 905. The first-order chi connectivity index (χ1) is 12.0. The van der Waals surface area contributed by atoms with Crippen molar-refractivity contribution < 1.29 is 9.53 Å². The number of carbonyl (C=O) groups is 1. The number of halogens is 2. The Morgan fingerprint density at radius 2 is 1.76 bits per heavy atom. The van der Waals surface area contributed by atoms with Gasteiger partial charge >= 0.3 is 5.97 Å². The molecule has 4 nitrogen and oxygen atoms in total. The molecule has 3 aromatic rings. The van der Waals surface area contributed by atoms with Gasteiger partial charge in [-0.2, -0.15) is 5.10 Å². The smallest absolute Gasteiger partial charge is 0.344 e. The lowest BCUT2D eigenvalue weighted by molar-refractivity contribution is 0.0723. The van der Waals surface area contributed by atoms with Crippen LogP contribution in [0.1, 0.15) is 35.8 Å². The lowest BCUT2D eigenvalue weighted by Crippen LogP contribution is -2.11. The first-order valence-electron chi connectivity index (χ1n) is 7.78. The van der Waals surface area contributed by atoms with Crippen LogP contribution in [0, 0.1) is 0 Å². The van der Waals surface area contributed by atoms with Gasteiger partial charge in [0.2, 0.25) is 5.88 Å². The van der Waals surface area contributed by atoms with Crippen LogP contribution >= 0.6 is 23.2 Å². The highest BCUT2D eigenvalue weighted by Gasteiger charge is 2.18. The zero-order valence-corrected chi connectivity index (χ0v) is 15.3. The van der Waals surface area contributed by atoms with Crippen LogP contribution in [0.2, 0.25) is 10.0 Å². The molecule has 2 aromatic carbocycles. The fourth-order valence-electron chi connectivity index (χ4n) is 2.27. The number of benzene rings is 2. The van der Waals surface area contributed by atoms with Gasteiger partial charge in [0, 0.05) is 6.07 Å². The summed E-state index contributed by atoms with van der Waals surface area (Å²) in [6.07, 6.45) is 0. The summed E-state index contributed by atoms with van der Waals surface area (Å²) in [5.74, 6) is 0.0614. The molecule has 0 aliphatic heterocycles. The van der Waals surface area contributed by atoms with Gasteiger partial charge < -0.3 is 4.74 Å². The molecule has 1 aromatic heterocycles. The van der Waals surface area contributed by atoms with E-state index in [1.807, 2.05) is 19.9 Å². The van der Waals surface area contributed by atoms with Crippen molar-refractivity contribution in [1.82, 2.24) is 9.78 Å².